The average Bonchev–Trinajstić information content (AvgIpc) is 1.62. The van der Waals surface area contributed by atoms with Crippen LogP contribution in [-0.4, -0.2) is 199 Å². The summed E-state index contributed by atoms with van der Waals surface area (Å²) in [6, 6.07) is 61.8. The molecule has 130 heavy (non-hydrogen) atoms. The molecule has 9 aromatic carbocycles. The summed E-state index contributed by atoms with van der Waals surface area (Å²) < 4.78 is 39.5. The molecule has 6 aliphatic rings. The molecule has 6 aromatic heterocycles. The standard InChI is InChI=1S/C21H20ClN3O.2C21H23N3O2.C20H20ClN3O.C20H21FN4O2/c22-17-2-1-3-18(10-17)25-13-23-19-9-16(6-7-20(19)25)21(26)24-11-14-4-5-15(8-14)12-24;2*1-15-9-11-23(12-10-15)21(25)16-3-8-20-19(13-16)22-14-24(20)17-4-6-18(26-2)7-5-17;1-14-5-7-16(12-17(14)21)24-13-22-18-11-15(6-8-19(18)24)20(25)23-9-3-2-4-10-23;1-20(21)7-9-24(10-8-20)19(26)14-11-17-18(22-12-14)25(13-23-17)15-3-5-16(27-2)6-4-15/h1-3,6-7,9-10,13-15H,4-5,8,11-12H2;2*3-8,13-15H,9-12H2,1-2H3;5-8,11-13H,2-4,9-10H2,1H3;3-6,11-13H,7-10H2,1-2H3. The second-order valence-corrected chi connectivity index (χ2v) is 36.1. The van der Waals surface area contributed by atoms with Crippen LogP contribution in [0.2, 0.25) is 10.0 Å². The molecule has 5 amide bonds. The largest absolute Gasteiger partial charge is 0.497 e. The Balaban J connectivity index is 0.000000114. The van der Waals surface area contributed by atoms with Crippen molar-refractivity contribution in [3.05, 3.63) is 275 Å². The van der Waals surface area contributed by atoms with Crippen LogP contribution >= 0.6 is 23.2 Å². The number of aryl methyl sites for hydroxylation is 1. The molecule has 2 bridgehead atoms. The van der Waals surface area contributed by atoms with Gasteiger partial charge < -0.3 is 38.7 Å². The Morgan fingerprint density at radius 1 is 0.369 bits per heavy atom. The molecular weight excluding hydrogens is 1680 g/mol. The lowest BCUT2D eigenvalue weighted by Gasteiger charge is -2.34. The van der Waals surface area contributed by atoms with E-state index in [1.54, 1.807) is 77.1 Å². The molecule has 6 fully saturated rings. The number of piperidine rings is 5. The molecule has 1 aliphatic carbocycles. The fourth-order valence-corrected chi connectivity index (χ4v) is 18.5. The van der Waals surface area contributed by atoms with E-state index in [1.807, 2.05) is 237 Å². The number of benzene rings is 9. The number of carbonyl (C=O) groups is 5. The van der Waals surface area contributed by atoms with Crippen LogP contribution in [0.25, 0.3) is 83.7 Å². The predicted molar refractivity (Wildman–Crippen MR) is 507 cm³/mol. The highest BCUT2D eigenvalue weighted by molar-refractivity contribution is 6.31. The van der Waals surface area contributed by atoms with Gasteiger partial charge in [0.2, 0.25) is 0 Å². The Bertz CT molecular complexity index is 6420. The molecule has 5 aliphatic heterocycles. The first kappa shape index (κ1) is 88.8. The zero-order chi connectivity index (χ0) is 90.3. The third-order valence-corrected chi connectivity index (χ3v) is 26.8. The van der Waals surface area contributed by atoms with E-state index >= 15 is 0 Å². The number of pyridine rings is 1. The Kier molecular flexibility index (Phi) is 26.9. The molecule has 2 atom stereocenters. The highest BCUT2D eigenvalue weighted by atomic mass is 35.5. The van der Waals surface area contributed by atoms with Gasteiger partial charge in [0.15, 0.2) is 5.65 Å². The van der Waals surface area contributed by atoms with E-state index in [0.717, 1.165) is 197 Å². The average molecular weight is 1790 g/mol. The number of hydrogen-bond acceptors (Lipinski definition) is 14. The summed E-state index contributed by atoms with van der Waals surface area (Å²) in [6.45, 7) is 15.8. The third-order valence-electron chi connectivity index (χ3n) is 26.2. The molecule has 0 spiro atoms. The highest BCUT2D eigenvalue weighted by Gasteiger charge is 2.36. The fraction of sp³-hybridized carbons (Fsp3) is 0.330. The number of imidazole rings is 5. The zero-order valence-electron chi connectivity index (χ0n) is 74.4. The van der Waals surface area contributed by atoms with Crippen molar-refractivity contribution in [1.82, 2.24) is 77.2 Å². The van der Waals surface area contributed by atoms with E-state index in [1.165, 1.54) is 25.7 Å². The highest BCUT2D eigenvalue weighted by Crippen LogP contribution is 2.38. The minimum Gasteiger partial charge on any atom is -0.497 e. The number of likely N-dealkylation sites (tertiary alicyclic amines) is 5. The first-order chi connectivity index (χ1) is 63.1. The molecule has 15 aromatic rings. The van der Waals surface area contributed by atoms with Crippen LogP contribution in [0, 0.1) is 30.6 Å². The van der Waals surface area contributed by atoms with Crippen LogP contribution in [0.5, 0.6) is 17.2 Å². The third kappa shape index (κ3) is 20.0. The van der Waals surface area contributed by atoms with Crippen LogP contribution in [0.15, 0.2) is 232 Å². The van der Waals surface area contributed by atoms with Gasteiger partial charge in [-0.25, -0.2) is 34.3 Å². The Labute approximate surface area is 765 Å². The number of ether oxygens (including phenoxy) is 3. The number of alkyl halides is 1. The van der Waals surface area contributed by atoms with Crippen LogP contribution in [0.3, 0.4) is 0 Å². The van der Waals surface area contributed by atoms with E-state index in [4.69, 9.17) is 37.4 Å². The van der Waals surface area contributed by atoms with Gasteiger partial charge in [-0.2, -0.15) is 0 Å². The fourth-order valence-electron chi connectivity index (χ4n) is 18.2. The summed E-state index contributed by atoms with van der Waals surface area (Å²) >= 11 is 12.4. The summed E-state index contributed by atoms with van der Waals surface area (Å²) in [7, 11) is 4.93. The van der Waals surface area contributed by atoms with Gasteiger partial charge in [-0.3, -0.25) is 46.8 Å². The number of carbonyl (C=O) groups excluding carboxylic acids is 5. The molecule has 668 valence electrons. The SMILES string of the molecule is COc1ccc(-n2cnc3cc(C(=O)N4CCC(C)(F)CC4)cnc32)cc1.COc1ccc(-n2cnc3cc(C(=O)N4CCC(C)CC4)ccc32)cc1.COc1ccc(-n2cnc3cc(C(=O)N4CCC(C)CC4)ccc32)cc1.Cc1ccc(-n2cnc3cc(C(=O)N4CCCCC4)ccc32)cc1Cl.O=C(c1ccc2c(c1)ncn2-c1cccc(Cl)c1)N1CC2CCC(C2)C1. The van der Waals surface area contributed by atoms with E-state index in [2.05, 4.69) is 43.8 Å². The van der Waals surface area contributed by atoms with Gasteiger partial charge in [-0.1, -0.05) is 49.2 Å². The normalized spacial score (nSPS) is 16.9. The van der Waals surface area contributed by atoms with Crippen LogP contribution in [0.1, 0.15) is 155 Å². The minimum absolute atomic E-state index is 0.106. The number of rotatable bonds is 13. The van der Waals surface area contributed by atoms with Gasteiger partial charge in [-0.15, -0.1) is 0 Å². The maximum absolute atomic E-state index is 14.0. The topological polar surface area (TPSA) is 231 Å². The van der Waals surface area contributed by atoms with E-state index < -0.39 is 5.67 Å². The van der Waals surface area contributed by atoms with Crippen molar-refractivity contribution in [3.63, 3.8) is 0 Å². The number of nitrogens with zero attached hydrogens (tertiary/aromatic N) is 16. The molecule has 21 rings (SSSR count). The molecule has 2 unspecified atom stereocenters. The summed E-state index contributed by atoms with van der Waals surface area (Å²) in [4.78, 5) is 100. The molecule has 0 N–H and O–H groups in total. The van der Waals surface area contributed by atoms with Crippen molar-refractivity contribution in [1.29, 1.82) is 0 Å². The molecular formula is C103H107Cl2FN16O8. The summed E-state index contributed by atoms with van der Waals surface area (Å²) in [6.07, 6.45) is 22.7. The van der Waals surface area contributed by atoms with E-state index in [-0.39, 0.29) is 29.5 Å². The molecule has 0 radical (unpaired) electrons. The van der Waals surface area contributed by atoms with Crippen molar-refractivity contribution in [2.45, 2.75) is 110 Å². The summed E-state index contributed by atoms with van der Waals surface area (Å²) in [5.41, 5.74) is 16.6. The van der Waals surface area contributed by atoms with Gasteiger partial charge in [0.1, 0.15) is 60.1 Å². The van der Waals surface area contributed by atoms with Crippen molar-refractivity contribution in [3.8, 4) is 45.7 Å². The smallest absolute Gasteiger partial charge is 0.255 e. The van der Waals surface area contributed by atoms with Gasteiger partial charge in [0, 0.05) is 132 Å². The van der Waals surface area contributed by atoms with Crippen LogP contribution < -0.4 is 14.2 Å². The predicted octanol–water partition coefficient (Wildman–Crippen LogP) is 20.4. The lowest BCUT2D eigenvalue weighted by atomic mass is 9.95. The van der Waals surface area contributed by atoms with Gasteiger partial charge >= 0.3 is 0 Å². The number of fused-ring (bicyclic) bond motifs is 7. The lowest BCUT2D eigenvalue weighted by molar-refractivity contribution is 0.0502. The van der Waals surface area contributed by atoms with Crippen molar-refractivity contribution in [2.75, 3.05) is 86.8 Å². The van der Waals surface area contributed by atoms with Gasteiger partial charge in [0.05, 0.1) is 71.0 Å². The number of amides is 5. The Hall–Kier alpha value is -13.3. The number of methoxy groups -OCH3 is 3. The van der Waals surface area contributed by atoms with Crippen molar-refractivity contribution >= 4 is 108 Å². The summed E-state index contributed by atoms with van der Waals surface area (Å²) in [5, 5.41) is 1.42. The molecule has 27 heteroatoms. The molecule has 24 nitrogen and oxygen atoms in total. The Morgan fingerprint density at radius 3 is 1.14 bits per heavy atom. The number of halogens is 3. The second-order valence-electron chi connectivity index (χ2n) is 35.2. The quantitative estimate of drug-likeness (QED) is 0.105. The van der Waals surface area contributed by atoms with Crippen molar-refractivity contribution < 1.29 is 42.6 Å². The monoisotopic (exact) mass is 1780 g/mol. The maximum atomic E-state index is 14.0. The first-order valence-corrected chi connectivity index (χ1v) is 45.7. The van der Waals surface area contributed by atoms with Gasteiger partial charge in [-0.05, 0) is 302 Å². The molecule has 1 saturated carbocycles. The van der Waals surface area contributed by atoms with Crippen molar-refractivity contribution in [2.24, 2.45) is 23.7 Å². The Morgan fingerprint density at radius 2 is 0.723 bits per heavy atom. The maximum Gasteiger partial charge on any atom is 0.255 e. The van der Waals surface area contributed by atoms with E-state index in [0.29, 0.717) is 88.0 Å². The number of aromatic nitrogens is 11. The molecule has 5 saturated heterocycles. The van der Waals surface area contributed by atoms with Crippen LogP contribution in [0.4, 0.5) is 4.39 Å². The lowest BCUT2D eigenvalue weighted by Crippen LogP contribution is -2.43. The zero-order valence-corrected chi connectivity index (χ0v) is 75.9. The first-order valence-electron chi connectivity index (χ1n) is 44.9. The van der Waals surface area contributed by atoms with Crippen LogP contribution in [-0.2, 0) is 0 Å². The minimum atomic E-state index is -1.18. The molecule has 11 heterocycles. The summed E-state index contributed by atoms with van der Waals surface area (Å²) in [5.74, 6) is 5.57. The van der Waals surface area contributed by atoms with Gasteiger partial charge in [0.25, 0.3) is 29.5 Å². The number of hydrogen-bond donors (Lipinski definition) is 0. The second kappa shape index (κ2) is 39.4. The van der Waals surface area contributed by atoms with E-state index in [9.17, 15) is 28.4 Å².